The quantitative estimate of drug-likeness (QED) is 0.675. The van der Waals surface area contributed by atoms with E-state index < -0.39 is 0 Å². The third kappa shape index (κ3) is 4.48. The van der Waals surface area contributed by atoms with Crippen LogP contribution in [0.2, 0.25) is 5.02 Å². The van der Waals surface area contributed by atoms with Crippen molar-refractivity contribution in [3.8, 4) is 0 Å². The highest BCUT2D eigenvalue weighted by atomic mass is 35.5. The lowest BCUT2D eigenvalue weighted by molar-refractivity contribution is -0.675. The predicted molar refractivity (Wildman–Crippen MR) is 104 cm³/mol. The summed E-state index contributed by atoms with van der Waals surface area (Å²) in [4.78, 5) is 13.6. The molecular formula is C20H20ClN2OS+. The number of quaternary nitrogens is 1. The number of hydrogen-bond donors (Lipinski definition) is 2. The normalized spacial score (nSPS) is 11.9. The van der Waals surface area contributed by atoms with Gasteiger partial charge in [0.05, 0.1) is 4.88 Å². The van der Waals surface area contributed by atoms with Crippen molar-refractivity contribution >= 4 is 34.5 Å². The van der Waals surface area contributed by atoms with Crippen LogP contribution in [0.25, 0.3) is 0 Å². The summed E-state index contributed by atoms with van der Waals surface area (Å²) in [5.41, 5.74) is 2.84. The number of hydrogen-bond acceptors (Lipinski definition) is 2. The molecule has 0 aliphatic heterocycles. The first-order valence-electron chi connectivity index (χ1n) is 8.12. The molecule has 0 bridgehead atoms. The van der Waals surface area contributed by atoms with E-state index in [0.29, 0.717) is 11.6 Å². The first kappa shape index (κ1) is 17.7. The molecule has 0 saturated carbocycles. The standard InChI is InChI=1S/C20H19ClN2OS/c1-14-16(21)9-5-10-17(14)23-19(24)13-22-20(18-11-6-12-25-18)15-7-3-2-4-8-15/h2-12,20,22H,13H2,1H3,(H,23,24)/p+1/t20-/m0/s1. The van der Waals surface area contributed by atoms with Gasteiger partial charge < -0.3 is 10.6 Å². The van der Waals surface area contributed by atoms with Crippen molar-refractivity contribution in [3.05, 3.63) is 87.1 Å². The topological polar surface area (TPSA) is 45.7 Å². The van der Waals surface area contributed by atoms with Gasteiger partial charge in [-0.05, 0) is 36.1 Å². The number of carbonyl (C=O) groups is 1. The molecule has 0 radical (unpaired) electrons. The van der Waals surface area contributed by atoms with Gasteiger partial charge in [0.2, 0.25) is 0 Å². The minimum absolute atomic E-state index is 0.0390. The number of amides is 1. The first-order valence-corrected chi connectivity index (χ1v) is 9.37. The van der Waals surface area contributed by atoms with Gasteiger partial charge in [0.1, 0.15) is 6.04 Å². The number of benzene rings is 2. The third-order valence-corrected chi connectivity index (χ3v) is 5.45. The summed E-state index contributed by atoms with van der Waals surface area (Å²) in [6, 6.07) is 20.0. The Morgan fingerprint density at radius 3 is 2.64 bits per heavy atom. The summed E-state index contributed by atoms with van der Waals surface area (Å²) < 4.78 is 0. The van der Waals surface area contributed by atoms with Gasteiger partial charge in [-0.1, -0.05) is 54.1 Å². The second kappa shape index (κ2) is 8.30. The largest absolute Gasteiger partial charge is 0.328 e. The molecule has 0 saturated heterocycles. The molecule has 1 heterocycles. The second-order valence-electron chi connectivity index (χ2n) is 5.80. The SMILES string of the molecule is Cc1c(Cl)cccc1NC(=O)C[NH2+][C@@H](c1ccccc1)c1cccs1. The molecule has 0 fully saturated rings. The van der Waals surface area contributed by atoms with E-state index >= 15 is 0 Å². The van der Waals surface area contributed by atoms with E-state index in [1.807, 2.05) is 49.4 Å². The van der Waals surface area contributed by atoms with Crippen LogP contribution >= 0.6 is 22.9 Å². The van der Waals surface area contributed by atoms with Crippen LogP contribution in [0.5, 0.6) is 0 Å². The van der Waals surface area contributed by atoms with Gasteiger partial charge in [0.25, 0.3) is 5.91 Å². The summed E-state index contributed by atoms with van der Waals surface area (Å²) in [7, 11) is 0. The Morgan fingerprint density at radius 2 is 1.92 bits per heavy atom. The van der Waals surface area contributed by atoms with Crippen molar-refractivity contribution in [2.24, 2.45) is 0 Å². The summed E-state index contributed by atoms with van der Waals surface area (Å²) in [5.74, 6) is -0.0390. The summed E-state index contributed by atoms with van der Waals surface area (Å²) in [6.07, 6.45) is 0. The molecule has 3 nitrogen and oxygen atoms in total. The van der Waals surface area contributed by atoms with Gasteiger partial charge in [-0.15, -0.1) is 11.3 Å². The fourth-order valence-electron chi connectivity index (χ4n) is 2.71. The lowest BCUT2D eigenvalue weighted by Crippen LogP contribution is -2.87. The van der Waals surface area contributed by atoms with Gasteiger partial charge in [-0.25, -0.2) is 0 Å². The molecule has 5 heteroatoms. The molecule has 3 rings (SSSR count). The molecule has 0 aliphatic rings. The Hall–Kier alpha value is -2.14. The Kier molecular flexibility index (Phi) is 5.87. The van der Waals surface area contributed by atoms with Crippen LogP contribution in [0.4, 0.5) is 5.69 Å². The molecule has 0 aliphatic carbocycles. The Morgan fingerprint density at radius 1 is 1.12 bits per heavy atom. The Labute approximate surface area is 156 Å². The van der Waals surface area contributed by atoms with Gasteiger partial charge in [-0.3, -0.25) is 4.79 Å². The third-order valence-electron chi connectivity index (χ3n) is 4.09. The fourth-order valence-corrected chi connectivity index (χ4v) is 3.74. The van der Waals surface area contributed by atoms with E-state index in [-0.39, 0.29) is 11.9 Å². The lowest BCUT2D eigenvalue weighted by atomic mass is 10.1. The van der Waals surface area contributed by atoms with Crippen molar-refractivity contribution < 1.29 is 10.1 Å². The van der Waals surface area contributed by atoms with Crippen molar-refractivity contribution in [2.75, 3.05) is 11.9 Å². The van der Waals surface area contributed by atoms with Crippen molar-refractivity contribution in [2.45, 2.75) is 13.0 Å². The van der Waals surface area contributed by atoms with E-state index in [4.69, 9.17) is 11.6 Å². The van der Waals surface area contributed by atoms with Gasteiger partial charge in [0.15, 0.2) is 6.54 Å². The summed E-state index contributed by atoms with van der Waals surface area (Å²) in [6.45, 7) is 2.24. The fraction of sp³-hybridized carbons (Fsp3) is 0.150. The number of nitrogens with two attached hydrogens (primary N) is 1. The van der Waals surface area contributed by atoms with Crippen molar-refractivity contribution in [1.29, 1.82) is 0 Å². The minimum Gasteiger partial charge on any atom is -0.328 e. The molecule has 0 unspecified atom stereocenters. The predicted octanol–water partition coefficient (Wildman–Crippen LogP) is 4.00. The van der Waals surface area contributed by atoms with E-state index in [9.17, 15) is 4.79 Å². The maximum absolute atomic E-state index is 12.4. The number of thiophene rings is 1. The monoisotopic (exact) mass is 371 g/mol. The molecule has 1 aromatic heterocycles. The van der Waals surface area contributed by atoms with Crippen molar-refractivity contribution in [3.63, 3.8) is 0 Å². The second-order valence-corrected chi connectivity index (χ2v) is 7.19. The molecule has 0 spiro atoms. The van der Waals surface area contributed by atoms with Gasteiger partial charge >= 0.3 is 0 Å². The zero-order valence-electron chi connectivity index (χ0n) is 13.9. The minimum atomic E-state index is -0.0390. The Bertz CT molecular complexity index is 834. The molecular weight excluding hydrogens is 352 g/mol. The van der Waals surface area contributed by atoms with E-state index in [0.717, 1.165) is 11.3 Å². The van der Waals surface area contributed by atoms with Crippen LogP contribution in [0.3, 0.4) is 0 Å². The lowest BCUT2D eigenvalue weighted by Gasteiger charge is -2.15. The first-order chi connectivity index (χ1) is 12.1. The maximum atomic E-state index is 12.4. The molecule has 128 valence electrons. The number of halogens is 1. The van der Waals surface area contributed by atoms with E-state index in [1.54, 1.807) is 11.3 Å². The molecule has 1 atom stereocenters. The molecule has 2 aromatic carbocycles. The number of carbonyl (C=O) groups excluding carboxylic acids is 1. The van der Waals surface area contributed by atoms with Crippen LogP contribution in [0, 0.1) is 6.92 Å². The molecule has 1 amide bonds. The van der Waals surface area contributed by atoms with Gasteiger partial charge in [-0.2, -0.15) is 0 Å². The number of rotatable bonds is 6. The molecule has 25 heavy (non-hydrogen) atoms. The maximum Gasteiger partial charge on any atom is 0.279 e. The highest BCUT2D eigenvalue weighted by molar-refractivity contribution is 7.10. The zero-order valence-corrected chi connectivity index (χ0v) is 15.5. The molecule has 3 N–H and O–H groups in total. The average Bonchev–Trinajstić information content (AvgIpc) is 3.14. The van der Waals surface area contributed by atoms with Crippen LogP contribution in [0.15, 0.2) is 66.0 Å². The van der Waals surface area contributed by atoms with Crippen LogP contribution in [0.1, 0.15) is 22.0 Å². The number of anilines is 1. The number of nitrogens with one attached hydrogen (secondary N) is 1. The zero-order chi connectivity index (χ0) is 17.6. The van der Waals surface area contributed by atoms with Gasteiger partial charge in [0, 0.05) is 16.3 Å². The molecule has 3 aromatic rings. The Balaban J connectivity index is 1.69. The highest BCUT2D eigenvalue weighted by Crippen LogP contribution is 2.23. The average molecular weight is 372 g/mol. The van der Waals surface area contributed by atoms with Crippen molar-refractivity contribution in [1.82, 2.24) is 0 Å². The van der Waals surface area contributed by atoms with Crippen LogP contribution < -0.4 is 10.6 Å². The van der Waals surface area contributed by atoms with E-state index in [1.165, 1.54) is 10.4 Å². The van der Waals surface area contributed by atoms with E-state index in [2.05, 4.69) is 34.2 Å². The summed E-state index contributed by atoms with van der Waals surface area (Å²) in [5, 5.41) is 7.74. The summed E-state index contributed by atoms with van der Waals surface area (Å²) >= 11 is 7.82. The smallest absolute Gasteiger partial charge is 0.279 e. The van der Waals surface area contributed by atoms with Crippen LogP contribution in [-0.4, -0.2) is 12.5 Å². The van der Waals surface area contributed by atoms with Crippen LogP contribution in [-0.2, 0) is 4.79 Å². The highest BCUT2D eigenvalue weighted by Gasteiger charge is 2.20.